The average molecular weight is 2130 g/mol. The normalized spacial score (nSPS) is 25.0. The lowest BCUT2D eigenvalue weighted by molar-refractivity contribution is -0.345. The van der Waals surface area contributed by atoms with Crippen LogP contribution in [0.2, 0.25) is 0 Å². The zero-order valence-electron chi connectivity index (χ0n) is 101. The summed E-state index contributed by atoms with van der Waals surface area (Å²) < 4.78 is 33.6. The third-order valence-electron chi connectivity index (χ3n) is 36.4. The summed E-state index contributed by atoms with van der Waals surface area (Å²) in [6, 6.07) is 8.08. The molecule has 1 aliphatic heterocycles. The van der Waals surface area contributed by atoms with Crippen molar-refractivity contribution in [1.29, 1.82) is 0 Å². The minimum Gasteiger partial charge on any atom is -0.455 e. The Balaban J connectivity index is 0. The number of rotatable bonds is 42. The maximum absolute atomic E-state index is 14.3. The van der Waals surface area contributed by atoms with Gasteiger partial charge in [0.25, 0.3) is 0 Å². The molecule has 4 aliphatic rings. The number of carbonyl (C=O) groups excluding carboxylic acids is 9. The third-order valence-corrected chi connectivity index (χ3v) is 36.4. The standard InChI is InChI=1S/C29H36O10.C17H34O2.C16H32O3.C16H28O3.C15H30O3.2C14H24O4/c1-14-17(31)12-29(36)24(38-25(35)16-9-7-6-8-10-16)22-27(5,23(34)21(33)20(14)26(29,3)4)18(32)11-19-28(22,13-37-19)39-15(2)30;1-10-11(2)17(7,8)16(18)14(5)12(3)13(4)15(6)19-9;2*1-9-10(2)16(6,7)15(18)14(17)12(4)11(3)13(5)19-8;1-8-13(17)15(6,7)14(18)11(4)9(2)10(3)12(5)16;2*1-7-11(16)14(5,6)13(18)12(17)9(3)8(2)10(4)15/h6-10,17-19,21-22,24,31-33,36H,11-13H2,1-5H3;11,14-16,18H,10H2,1-9H3;10,13-15,17-18H,9H2,1-8H3;10,13H,9H2,1-8H3;11-14,16-18H,8H2,1-7H3;2*10-11,15-16H,7H2,1-6H3/b;13-12+;2*12-11+;10-9+;2*9-8+/t17-,18-,19+,21+,22-,24-,27+,28-,29+;11-,14-,15-,16-;10-,13-,14-,15-;10-,13-;11-,12-,13-,14-;2*10-,11-/m0000000/s1. The molecule has 29 heteroatoms. The van der Waals surface area contributed by atoms with Crippen molar-refractivity contribution in [3.8, 4) is 0 Å². The van der Waals surface area contributed by atoms with Crippen molar-refractivity contribution in [2.75, 3.05) is 27.9 Å². The Morgan fingerprint density at radius 3 is 1.11 bits per heavy atom. The van der Waals surface area contributed by atoms with Crippen molar-refractivity contribution in [3.63, 3.8) is 0 Å². The summed E-state index contributed by atoms with van der Waals surface area (Å²) in [6.45, 7) is 83.9. The second kappa shape index (κ2) is 60.2. The van der Waals surface area contributed by atoms with Crippen molar-refractivity contribution >= 4 is 52.4 Å². The number of aliphatic hydroxyl groups is 14. The van der Waals surface area contributed by atoms with E-state index in [4.69, 9.17) is 28.4 Å². The monoisotopic (exact) mass is 2130 g/mol. The zero-order valence-corrected chi connectivity index (χ0v) is 101. The molecule has 0 spiro atoms. The Labute approximate surface area is 902 Å². The molecule has 2 saturated carbocycles. The van der Waals surface area contributed by atoms with Crippen LogP contribution in [0.3, 0.4) is 0 Å². The van der Waals surface area contributed by atoms with Gasteiger partial charge in [-0.3, -0.25) is 38.4 Å². The first-order valence-electron chi connectivity index (χ1n) is 53.9. The fourth-order valence-corrected chi connectivity index (χ4v) is 19.8. The van der Waals surface area contributed by atoms with Gasteiger partial charge in [-0.05, 0) is 276 Å². The molecule has 1 saturated heterocycles. The topological polar surface area (TPSA) is 492 Å². The Bertz CT molecular complexity index is 4690. The first-order valence-corrected chi connectivity index (χ1v) is 53.9. The van der Waals surface area contributed by atoms with E-state index in [-0.39, 0.29) is 106 Å². The molecule has 866 valence electrons. The molecule has 0 radical (unpaired) electrons. The van der Waals surface area contributed by atoms with E-state index >= 15 is 0 Å². The highest BCUT2D eigenvalue weighted by Gasteiger charge is 2.78. The number of hydrogen-bond donors (Lipinski definition) is 14. The van der Waals surface area contributed by atoms with Crippen LogP contribution in [0.4, 0.5) is 0 Å². The van der Waals surface area contributed by atoms with E-state index in [1.807, 2.05) is 118 Å². The van der Waals surface area contributed by atoms with E-state index in [2.05, 4.69) is 69.2 Å². The predicted octanol–water partition coefficient (Wildman–Crippen LogP) is 18.0. The Kier molecular flexibility index (Phi) is 58.3. The SMILES string of the molecule is CC(=O)O[C@@]12CO[C@@H]1C[C@H](O)[C@@]1(C)C(=O)[C@H](O)C3=C(C)[C@@H](O)C[C@@](O)([C@@H](OC(=O)c4ccccc4)[C@H]21)C3(C)C.CC[C@H](C)C(C)(C)C(=O)C(=O)/C(C)=C(\C)[C@H](C)OC.CC[C@H](C)C(C)(C)[C@@H](O)[C@@H](C)/C(C)=C(\C)[C@H](C)OC.CC[C@H](C)C(C)(C)[C@@H](O)[C@@H](O)/C(C)=C(\C)[C@H](C)OC.CC[C@H](O)C(C)(C)C(=O)C(=O)/C(C)=C(\C)[C@H](C)O.CC[C@H](O)C(C)(C)C(=O)C(=O)/C(C)=C(\C)[C@H](C)O.CC[C@H](O)C(C)(C)[C@@H](O)[C@@H](C)/C(C)=C(\C)[C@H](C)O. The number of carbonyl (C=O) groups is 9. The number of benzene rings is 1. The lowest BCUT2D eigenvalue weighted by Crippen LogP contribution is -2.81. The van der Waals surface area contributed by atoms with Crippen molar-refractivity contribution in [1.82, 2.24) is 0 Å². The van der Waals surface area contributed by atoms with Gasteiger partial charge < -0.3 is 99.9 Å². The second-order valence-corrected chi connectivity index (χ2v) is 47.5. The van der Waals surface area contributed by atoms with Crippen LogP contribution in [0, 0.1) is 78.8 Å². The number of aliphatic hydroxyl groups excluding tert-OH is 13. The number of hydrogen-bond acceptors (Lipinski definition) is 29. The average Bonchev–Trinajstić information content (AvgIpc) is 0.667. The van der Waals surface area contributed by atoms with Gasteiger partial charge in [0.1, 0.15) is 30.0 Å². The number of Topliss-reactive ketones (excluding diaryl/α,β-unsaturated/α-hetero) is 7. The molecule has 5 rings (SSSR count). The maximum Gasteiger partial charge on any atom is 0.338 e. The quantitative estimate of drug-likeness (QED) is 0.0125. The number of esters is 2. The zero-order chi connectivity index (χ0) is 119. The third kappa shape index (κ3) is 33.9. The second-order valence-electron chi connectivity index (χ2n) is 47.5. The molecule has 29 nitrogen and oxygen atoms in total. The van der Waals surface area contributed by atoms with Crippen LogP contribution in [-0.4, -0.2) is 273 Å². The van der Waals surface area contributed by atoms with E-state index in [9.17, 15) is 115 Å². The summed E-state index contributed by atoms with van der Waals surface area (Å²) in [5, 5.41) is 147. The molecular formula is C121H208O29. The van der Waals surface area contributed by atoms with Crippen molar-refractivity contribution in [3.05, 3.63) is 114 Å². The van der Waals surface area contributed by atoms with Gasteiger partial charge in [-0.25, -0.2) is 4.79 Å². The van der Waals surface area contributed by atoms with Crippen LogP contribution < -0.4 is 0 Å². The van der Waals surface area contributed by atoms with Gasteiger partial charge in [0.15, 0.2) is 11.4 Å². The summed E-state index contributed by atoms with van der Waals surface area (Å²) in [5.41, 5.74) is -1.09. The molecule has 0 unspecified atom stereocenters. The molecule has 14 N–H and O–H groups in total. The molecule has 1 aromatic carbocycles. The smallest absolute Gasteiger partial charge is 0.338 e. The van der Waals surface area contributed by atoms with Crippen LogP contribution in [0.5, 0.6) is 0 Å². The Hall–Kier alpha value is -6.69. The summed E-state index contributed by atoms with van der Waals surface area (Å²) in [6.07, 6.45) is -9.82. The minimum atomic E-state index is -2.07. The van der Waals surface area contributed by atoms with Crippen LogP contribution >= 0.6 is 0 Å². The summed E-state index contributed by atoms with van der Waals surface area (Å²) in [4.78, 5) is 113. The first kappa shape index (κ1) is 145. The lowest BCUT2D eigenvalue weighted by atomic mass is 9.44. The summed E-state index contributed by atoms with van der Waals surface area (Å²) in [5.74, 6) is -5.71. The number of methoxy groups -OCH3 is 3. The number of fused-ring (bicyclic) bond motifs is 5. The van der Waals surface area contributed by atoms with Gasteiger partial charge in [-0.1, -0.05) is 194 Å². The van der Waals surface area contributed by atoms with Crippen molar-refractivity contribution in [2.24, 2.45) is 78.8 Å². The van der Waals surface area contributed by atoms with Crippen LogP contribution in [-0.2, 0) is 66.8 Å². The Morgan fingerprint density at radius 2 is 0.773 bits per heavy atom. The Morgan fingerprint density at radius 1 is 0.433 bits per heavy atom. The summed E-state index contributed by atoms with van der Waals surface area (Å²) in [7, 11) is 4.97. The molecule has 150 heavy (non-hydrogen) atoms. The van der Waals surface area contributed by atoms with E-state index in [0.717, 1.165) is 47.1 Å². The molecule has 3 fully saturated rings. The molecule has 1 heterocycles. The van der Waals surface area contributed by atoms with Gasteiger partial charge in [0.05, 0.1) is 120 Å². The molecule has 0 amide bonds. The van der Waals surface area contributed by atoms with E-state index in [1.165, 1.54) is 51.0 Å². The highest BCUT2D eigenvalue weighted by Crippen LogP contribution is 2.64. The highest BCUT2D eigenvalue weighted by atomic mass is 16.6. The fourth-order valence-electron chi connectivity index (χ4n) is 19.8. The molecule has 1 aromatic rings. The van der Waals surface area contributed by atoms with Gasteiger partial charge in [-0.15, -0.1) is 0 Å². The lowest BCUT2D eigenvalue weighted by Gasteiger charge is -2.67. The minimum absolute atomic E-state index is 0.0476. The van der Waals surface area contributed by atoms with Crippen molar-refractivity contribution in [2.45, 2.75) is 491 Å². The number of ether oxygens (including phenoxy) is 6. The molecule has 0 aromatic heterocycles. The molecule has 3 aliphatic carbocycles. The maximum atomic E-state index is 14.3. The van der Waals surface area contributed by atoms with Gasteiger partial charge >= 0.3 is 11.9 Å². The molecule has 2 bridgehead atoms. The molecular weight excluding hydrogens is 1920 g/mol. The molecule has 27 atom stereocenters. The fraction of sp³-hybridized carbons (Fsp3) is 0.760. The first-order chi connectivity index (χ1) is 68.1. The van der Waals surface area contributed by atoms with Crippen LogP contribution in [0.15, 0.2) is 108 Å². The highest BCUT2D eigenvalue weighted by molar-refractivity contribution is 6.46. The number of ketones is 7. The van der Waals surface area contributed by atoms with Gasteiger partial charge in [0.2, 0.25) is 34.7 Å². The van der Waals surface area contributed by atoms with E-state index in [0.29, 0.717) is 53.4 Å². The van der Waals surface area contributed by atoms with Crippen LogP contribution in [0.1, 0.15) is 380 Å². The van der Waals surface area contributed by atoms with Gasteiger partial charge in [-0.2, -0.15) is 0 Å². The van der Waals surface area contributed by atoms with Crippen molar-refractivity contribution < 1.29 is 143 Å². The van der Waals surface area contributed by atoms with Gasteiger partial charge in [0, 0.05) is 85.9 Å². The number of allylic oxidation sites excluding steroid dienone is 3. The largest absolute Gasteiger partial charge is 0.455 e. The summed E-state index contributed by atoms with van der Waals surface area (Å²) >= 11 is 0. The predicted molar refractivity (Wildman–Crippen MR) is 592 cm³/mol. The van der Waals surface area contributed by atoms with E-state index in [1.54, 1.807) is 143 Å². The van der Waals surface area contributed by atoms with Crippen LogP contribution in [0.25, 0.3) is 0 Å². The van der Waals surface area contributed by atoms with E-state index < -0.39 is 176 Å².